The van der Waals surface area contributed by atoms with Crippen molar-refractivity contribution in [1.82, 2.24) is 0 Å². The van der Waals surface area contributed by atoms with Crippen molar-refractivity contribution in [1.29, 1.82) is 10.5 Å². The van der Waals surface area contributed by atoms with E-state index in [-0.39, 0.29) is 11.4 Å². The summed E-state index contributed by atoms with van der Waals surface area (Å²) in [6.45, 7) is 11.9. The predicted molar refractivity (Wildman–Crippen MR) is 133 cm³/mol. The van der Waals surface area contributed by atoms with E-state index in [0.29, 0.717) is 11.5 Å². The zero-order valence-corrected chi connectivity index (χ0v) is 20.4. The molecule has 0 aliphatic carbocycles. The van der Waals surface area contributed by atoms with Crippen LogP contribution in [0.3, 0.4) is 0 Å². The molecule has 1 spiro atoms. The molecule has 3 heterocycles. The Labute approximate surface area is 205 Å². The van der Waals surface area contributed by atoms with Crippen molar-refractivity contribution >= 4 is 23.8 Å². The predicted octanol–water partition coefficient (Wildman–Crippen LogP) is 3.61. The van der Waals surface area contributed by atoms with Crippen LogP contribution < -0.4 is 19.3 Å². The minimum Gasteiger partial charge on any atom is -0.372 e. The summed E-state index contributed by atoms with van der Waals surface area (Å²) in [5, 5.41) is 20.0. The maximum atomic E-state index is 9.99. The molecule has 2 aromatic rings. The van der Waals surface area contributed by atoms with Crippen LogP contribution in [0.5, 0.6) is 11.5 Å². The number of rotatable bonds is 6. The van der Waals surface area contributed by atoms with Gasteiger partial charge >= 0.3 is 17.4 Å². The maximum absolute atomic E-state index is 9.99. The summed E-state index contributed by atoms with van der Waals surface area (Å²) >= 11 is 0. The molecule has 0 fully saturated rings. The van der Waals surface area contributed by atoms with Gasteiger partial charge in [0.2, 0.25) is 0 Å². The van der Waals surface area contributed by atoms with Gasteiger partial charge in [0.25, 0.3) is 0 Å². The molecule has 0 radical (unpaired) electrons. The van der Waals surface area contributed by atoms with Gasteiger partial charge in [-0.3, -0.25) is 0 Å². The van der Waals surface area contributed by atoms with Crippen molar-refractivity contribution in [2.45, 2.75) is 33.7 Å². The Hall–Kier alpha value is -4.30. The summed E-state index contributed by atoms with van der Waals surface area (Å²) in [6, 6.07) is 14.8. The molecule has 0 unspecified atom stereocenters. The molecule has 5 rings (SSSR count). The molecule has 8 heteroatoms. The highest BCUT2D eigenvalue weighted by molar-refractivity contribution is 5.85. The number of ether oxygens (including phenoxy) is 2. The topological polar surface area (TPSA) is 78.5 Å². The summed E-state index contributed by atoms with van der Waals surface area (Å²) in [5.41, 5.74) is 4.05. The van der Waals surface area contributed by atoms with Crippen LogP contribution in [-0.4, -0.2) is 53.8 Å². The lowest BCUT2D eigenvalue weighted by atomic mass is 10.1. The Balaban J connectivity index is 1.69. The van der Waals surface area contributed by atoms with Gasteiger partial charge in [-0.15, -0.1) is 0 Å². The number of fused-ring (bicyclic) bond motifs is 2. The van der Waals surface area contributed by atoms with Gasteiger partial charge in [0.1, 0.15) is 0 Å². The van der Waals surface area contributed by atoms with Crippen molar-refractivity contribution in [3.63, 3.8) is 0 Å². The van der Waals surface area contributed by atoms with Gasteiger partial charge in [-0.2, -0.15) is 10.5 Å². The van der Waals surface area contributed by atoms with Crippen LogP contribution in [0, 0.1) is 22.7 Å². The molecule has 0 amide bonds. The largest absolute Gasteiger partial charge is 0.716 e. The second kappa shape index (κ2) is 8.48. The SMILES string of the molecule is CCN(CC)c1ccc2c(c1)OC13Oc4cc(N(CC)CC)ccc4C=[N+]1C(C#N)=C(C#N)[N+]3=C2. The average Bonchev–Trinajstić information content (AvgIpc) is 3.14. The first-order valence-corrected chi connectivity index (χ1v) is 12.0. The van der Waals surface area contributed by atoms with Gasteiger partial charge in [-0.1, -0.05) is 0 Å². The van der Waals surface area contributed by atoms with Crippen LogP contribution in [-0.2, 0) is 0 Å². The highest BCUT2D eigenvalue weighted by Crippen LogP contribution is 2.43. The third-order valence-electron chi connectivity index (χ3n) is 6.80. The smallest absolute Gasteiger partial charge is 0.372 e. The summed E-state index contributed by atoms with van der Waals surface area (Å²) < 4.78 is 16.4. The highest BCUT2D eigenvalue weighted by Gasteiger charge is 2.74. The van der Waals surface area contributed by atoms with E-state index in [4.69, 9.17) is 9.47 Å². The quantitative estimate of drug-likeness (QED) is 0.603. The lowest BCUT2D eigenvalue weighted by Crippen LogP contribution is -2.60. The van der Waals surface area contributed by atoms with Crippen LogP contribution in [0.25, 0.3) is 0 Å². The van der Waals surface area contributed by atoms with E-state index in [1.54, 1.807) is 9.15 Å². The number of nitrogens with zero attached hydrogens (tertiary/aromatic N) is 6. The third kappa shape index (κ3) is 3.25. The summed E-state index contributed by atoms with van der Waals surface area (Å²) in [5.74, 6) is 1.26. The maximum Gasteiger partial charge on any atom is 0.716 e. The second-order valence-electron chi connectivity index (χ2n) is 8.46. The summed E-state index contributed by atoms with van der Waals surface area (Å²) in [7, 11) is 0. The highest BCUT2D eigenvalue weighted by atomic mass is 16.7. The third-order valence-corrected chi connectivity index (χ3v) is 6.80. The Kier molecular flexibility index (Phi) is 5.45. The van der Waals surface area contributed by atoms with Gasteiger partial charge in [0, 0.05) is 49.7 Å². The Bertz CT molecular complexity index is 1280. The van der Waals surface area contributed by atoms with E-state index in [2.05, 4.69) is 49.6 Å². The molecular weight excluding hydrogens is 440 g/mol. The second-order valence-corrected chi connectivity index (χ2v) is 8.46. The van der Waals surface area contributed by atoms with Crippen molar-refractivity contribution in [3.8, 4) is 23.6 Å². The van der Waals surface area contributed by atoms with Crippen LogP contribution >= 0.6 is 0 Å². The molecule has 0 saturated carbocycles. The van der Waals surface area contributed by atoms with E-state index in [0.717, 1.165) is 48.7 Å². The van der Waals surface area contributed by atoms with Crippen LogP contribution in [0.2, 0.25) is 0 Å². The van der Waals surface area contributed by atoms with Crippen LogP contribution in [0.4, 0.5) is 11.4 Å². The number of allylic oxidation sites excluding steroid dienone is 2. The molecule has 0 bridgehead atoms. The lowest BCUT2D eigenvalue weighted by molar-refractivity contribution is -0.848. The molecule has 0 saturated heterocycles. The van der Waals surface area contributed by atoms with Gasteiger partial charge in [-0.25, -0.2) is 0 Å². The van der Waals surface area contributed by atoms with E-state index >= 15 is 0 Å². The van der Waals surface area contributed by atoms with E-state index in [1.807, 2.05) is 48.8 Å². The van der Waals surface area contributed by atoms with Gasteiger partial charge < -0.3 is 19.3 Å². The minimum absolute atomic E-state index is 0.180. The van der Waals surface area contributed by atoms with Gasteiger partial charge in [-0.05, 0) is 61.1 Å². The molecule has 8 nitrogen and oxygen atoms in total. The monoisotopic (exact) mass is 468 g/mol. The fourth-order valence-corrected chi connectivity index (χ4v) is 4.92. The van der Waals surface area contributed by atoms with Crippen molar-refractivity contribution < 1.29 is 18.6 Å². The molecule has 176 valence electrons. The summed E-state index contributed by atoms with van der Waals surface area (Å²) in [4.78, 5) is 4.47. The number of hydrogen-bond donors (Lipinski definition) is 0. The Morgan fingerprint density at radius 3 is 1.46 bits per heavy atom. The fraction of sp³-hybridized carbons (Fsp3) is 0.333. The van der Waals surface area contributed by atoms with Gasteiger partial charge in [0.05, 0.1) is 11.1 Å². The van der Waals surface area contributed by atoms with E-state index in [1.165, 1.54) is 0 Å². The fourth-order valence-electron chi connectivity index (χ4n) is 4.92. The lowest BCUT2D eigenvalue weighted by Gasteiger charge is -2.29. The van der Waals surface area contributed by atoms with E-state index in [9.17, 15) is 10.5 Å². The Morgan fingerprint density at radius 1 is 0.714 bits per heavy atom. The molecule has 3 aliphatic rings. The van der Waals surface area contributed by atoms with Crippen LogP contribution in [0.1, 0.15) is 38.8 Å². The zero-order valence-electron chi connectivity index (χ0n) is 20.4. The van der Waals surface area contributed by atoms with Crippen molar-refractivity contribution in [2.75, 3.05) is 36.0 Å². The number of nitriles is 2. The molecule has 0 atom stereocenters. The Morgan fingerprint density at radius 2 is 1.11 bits per heavy atom. The molecule has 0 aromatic heterocycles. The molecule has 0 N–H and O–H groups in total. The van der Waals surface area contributed by atoms with E-state index < -0.39 is 6.03 Å². The molecule has 35 heavy (non-hydrogen) atoms. The van der Waals surface area contributed by atoms with Crippen molar-refractivity contribution in [3.05, 3.63) is 58.9 Å². The first-order chi connectivity index (χ1) is 17.0. The van der Waals surface area contributed by atoms with Crippen LogP contribution in [0.15, 0.2) is 47.8 Å². The first kappa shape index (κ1) is 22.5. The zero-order chi connectivity index (χ0) is 24.7. The minimum atomic E-state index is -1.53. The average molecular weight is 469 g/mol. The number of anilines is 2. The van der Waals surface area contributed by atoms with Gasteiger partial charge in [0.15, 0.2) is 36.1 Å². The number of hydrogen-bond acceptors (Lipinski definition) is 6. The molecule has 2 aromatic carbocycles. The molecular formula is C27H28N6O2+2. The standard InChI is InChI=1S/C27H28N6O2/c1-5-30(6-2)21-11-9-19-17-32-23(15-28)24(16-29)33-18-20-10-12-22(31(7-3)8-4)14-26(20)35-27(32,33)34-25(19)13-21/h9-14,17-18H,5-8H2,1-4H3/q+2. The first-order valence-electron chi connectivity index (χ1n) is 12.0. The normalized spacial score (nSPS) is 16.2. The summed E-state index contributed by atoms with van der Waals surface area (Å²) in [6.07, 6.45) is 3.65. The van der Waals surface area contributed by atoms with Crippen molar-refractivity contribution in [2.24, 2.45) is 0 Å². The molecule has 3 aliphatic heterocycles. The number of benzene rings is 2.